The summed E-state index contributed by atoms with van der Waals surface area (Å²) in [5, 5.41) is 9.55. The maximum atomic E-state index is 12.8. The van der Waals surface area contributed by atoms with Gasteiger partial charge in [-0.3, -0.25) is 4.79 Å². The second kappa shape index (κ2) is 6.10. The maximum Gasteiger partial charge on any atom is 0.258 e. The van der Waals surface area contributed by atoms with Gasteiger partial charge in [-0.15, -0.1) is 11.8 Å². The number of ether oxygens (including phenoxy) is 1. The quantitative estimate of drug-likeness (QED) is 0.851. The first kappa shape index (κ1) is 16.2. The van der Waals surface area contributed by atoms with E-state index in [0.717, 1.165) is 16.2 Å². The number of fused-ring (bicyclic) bond motifs is 1. The average Bonchev–Trinajstić information content (AvgIpc) is 2.59. The van der Waals surface area contributed by atoms with E-state index in [1.54, 1.807) is 29.4 Å². The first-order valence-electron chi connectivity index (χ1n) is 7.40. The monoisotopic (exact) mass is 339 g/mol. The topological polar surface area (TPSA) is 81.0 Å². The molecule has 0 spiro atoms. The molecule has 1 aliphatic rings. The number of pyridine rings is 1. The Labute approximate surface area is 144 Å². The van der Waals surface area contributed by atoms with Crippen LogP contribution in [-0.2, 0) is 7.05 Å². The SMILES string of the molecule is CSc1ccc(C2C(C#N)=C(N)Oc3cc(C)n(C)c(=O)c32)cc1. The number of allylic oxidation sites excluding steroid dienone is 1. The second-order valence-electron chi connectivity index (χ2n) is 5.63. The van der Waals surface area contributed by atoms with Crippen LogP contribution in [0.5, 0.6) is 5.75 Å². The summed E-state index contributed by atoms with van der Waals surface area (Å²) < 4.78 is 7.12. The molecule has 1 aliphatic heterocycles. The number of rotatable bonds is 2. The lowest BCUT2D eigenvalue weighted by Crippen LogP contribution is -2.31. The smallest absolute Gasteiger partial charge is 0.258 e. The molecule has 1 aromatic carbocycles. The fourth-order valence-electron chi connectivity index (χ4n) is 2.87. The van der Waals surface area contributed by atoms with Gasteiger partial charge in [0.25, 0.3) is 5.56 Å². The van der Waals surface area contributed by atoms with Crippen LogP contribution in [0.15, 0.2) is 51.5 Å². The van der Waals surface area contributed by atoms with Gasteiger partial charge >= 0.3 is 0 Å². The Morgan fingerprint density at radius 1 is 1.33 bits per heavy atom. The number of thioether (sulfide) groups is 1. The number of benzene rings is 1. The molecule has 122 valence electrons. The van der Waals surface area contributed by atoms with Gasteiger partial charge in [0.05, 0.1) is 11.5 Å². The molecule has 5 nitrogen and oxygen atoms in total. The summed E-state index contributed by atoms with van der Waals surface area (Å²) in [4.78, 5) is 13.9. The minimum atomic E-state index is -0.519. The lowest BCUT2D eigenvalue weighted by Gasteiger charge is -2.26. The lowest BCUT2D eigenvalue weighted by atomic mass is 9.84. The van der Waals surface area contributed by atoms with Gasteiger partial charge in [0.15, 0.2) is 0 Å². The zero-order valence-electron chi connectivity index (χ0n) is 13.7. The predicted molar refractivity (Wildman–Crippen MR) is 93.9 cm³/mol. The number of aryl methyl sites for hydroxylation is 1. The van der Waals surface area contributed by atoms with Crippen LogP contribution in [0.25, 0.3) is 0 Å². The summed E-state index contributed by atoms with van der Waals surface area (Å²) >= 11 is 1.63. The van der Waals surface area contributed by atoms with Crippen molar-refractivity contribution in [3.63, 3.8) is 0 Å². The largest absolute Gasteiger partial charge is 0.440 e. The van der Waals surface area contributed by atoms with Crippen molar-refractivity contribution < 1.29 is 4.74 Å². The highest BCUT2D eigenvalue weighted by molar-refractivity contribution is 7.98. The van der Waals surface area contributed by atoms with E-state index in [0.29, 0.717) is 11.3 Å². The molecule has 2 heterocycles. The van der Waals surface area contributed by atoms with Crippen molar-refractivity contribution in [1.82, 2.24) is 4.57 Å². The molecular formula is C18H17N3O2S. The van der Waals surface area contributed by atoms with Crippen molar-refractivity contribution in [3.05, 3.63) is 69.0 Å². The van der Waals surface area contributed by atoms with Gasteiger partial charge in [-0.25, -0.2) is 0 Å². The molecule has 2 N–H and O–H groups in total. The summed E-state index contributed by atoms with van der Waals surface area (Å²) in [5.74, 6) is -0.0448. The van der Waals surface area contributed by atoms with Crippen molar-refractivity contribution in [2.45, 2.75) is 17.7 Å². The molecule has 2 aromatic rings. The van der Waals surface area contributed by atoms with Crippen LogP contribution in [0.1, 0.15) is 22.7 Å². The van der Waals surface area contributed by atoms with E-state index in [1.165, 1.54) is 0 Å². The van der Waals surface area contributed by atoms with Crippen molar-refractivity contribution in [2.75, 3.05) is 6.26 Å². The Kier molecular flexibility index (Phi) is 4.12. The molecule has 1 unspecified atom stereocenters. The van der Waals surface area contributed by atoms with E-state index in [-0.39, 0.29) is 17.0 Å². The first-order valence-corrected chi connectivity index (χ1v) is 8.62. The third-order valence-corrected chi connectivity index (χ3v) is 5.05. The van der Waals surface area contributed by atoms with E-state index in [2.05, 4.69) is 6.07 Å². The average molecular weight is 339 g/mol. The Hall–Kier alpha value is -2.65. The van der Waals surface area contributed by atoms with Crippen LogP contribution in [0.4, 0.5) is 0 Å². The van der Waals surface area contributed by atoms with Gasteiger partial charge in [-0.05, 0) is 30.9 Å². The molecule has 6 heteroatoms. The number of hydrogen-bond donors (Lipinski definition) is 1. The number of hydrogen-bond acceptors (Lipinski definition) is 5. The first-order chi connectivity index (χ1) is 11.5. The van der Waals surface area contributed by atoms with Crippen LogP contribution in [0, 0.1) is 18.3 Å². The molecule has 0 bridgehead atoms. The maximum absolute atomic E-state index is 12.8. The molecule has 0 fully saturated rings. The molecule has 0 amide bonds. The van der Waals surface area contributed by atoms with Gasteiger partial charge in [-0.2, -0.15) is 5.26 Å². The normalized spacial score (nSPS) is 16.3. The van der Waals surface area contributed by atoms with Gasteiger partial charge in [-0.1, -0.05) is 12.1 Å². The van der Waals surface area contributed by atoms with Gasteiger partial charge < -0.3 is 15.0 Å². The third kappa shape index (κ3) is 2.47. The Balaban J connectivity index is 2.28. The number of aromatic nitrogens is 1. The van der Waals surface area contributed by atoms with Crippen LogP contribution >= 0.6 is 11.8 Å². The van der Waals surface area contributed by atoms with E-state index in [4.69, 9.17) is 10.5 Å². The van der Waals surface area contributed by atoms with Gasteiger partial charge in [0.1, 0.15) is 17.4 Å². The number of nitrogens with two attached hydrogens (primary N) is 1. The minimum absolute atomic E-state index is 0.0524. The molecular weight excluding hydrogens is 322 g/mol. The van der Waals surface area contributed by atoms with Crippen molar-refractivity contribution in [3.8, 4) is 11.8 Å². The van der Waals surface area contributed by atoms with Crippen LogP contribution in [-0.4, -0.2) is 10.8 Å². The molecule has 0 saturated heterocycles. The molecule has 3 rings (SSSR count). The second-order valence-corrected chi connectivity index (χ2v) is 6.51. The van der Waals surface area contributed by atoms with Gasteiger partial charge in [0, 0.05) is 23.7 Å². The highest BCUT2D eigenvalue weighted by Crippen LogP contribution is 2.40. The molecule has 1 aromatic heterocycles. The summed E-state index contributed by atoms with van der Waals surface area (Å²) in [6.45, 7) is 1.83. The number of nitrogens with zero attached hydrogens (tertiary/aromatic N) is 2. The highest BCUT2D eigenvalue weighted by atomic mass is 32.2. The fourth-order valence-corrected chi connectivity index (χ4v) is 3.28. The van der Waals surface area contributed by atoms with E-state index in [1.807, 2.05) is 37.4 Å². The van der Waals surface area contributed by atoms with Crippen molar-refractivity contribution in [2.24, 2.45) is 12.8 Å². The highest BCUT2D eigenvalue weighted by Gasteiger charge is 2.33. The summed E-state index contributed by atoms with van der Waals surface area (Å²) in [5.41, 5.74) is 8.10. The molecule has 0 radical (unpaired) electrons. The Morgan fingerprint density at radius 3 is 2.58 bits per heavy atom. The van der Waals surface area contributed by atoms with Gasteiger partial charge in [0.2, 0.25) is 5.88 Å². The van der Waals surface area contributed by atoms with Crippen LogP contribution in [0.2, 0.25) is 0 Å². The van der Waals surface area contributed by atoms with E-state index >= 15 is 0 Å². The molecule has 0 aliphatic carbocycles. The Morgan fingerprint density at radius 2 is 2.00 bits per heavy atom. The van der Waals surface area contributed by atoms with E-state index in [9.17, 15) is 10.1 Å². The zero-order valence-corrected chi connectivity index (χ0v) is 14.5. The van der Waals surface area contributed by atoms with Crippen molar-refractivity contribution in [1.29, 1.82) is 5.26 Å². The van der Waals surface area contributed by atoms with E-state index < -0.39 is 5.92 Å². The standard InChI is InChI=1S/C18H17N3O2S/c1-10-8-14-16(18(22)21(10)2)15(13(9-19)17(20)23-14)11-4-6-12(24-3)7-5-11/h4-8,15H,20H2,1-3H3. The number of nitriles is 1. The Bertz CT molecular complexity index is 936. The summed E-state index contributed by atoms with van der Waals surface area (Å²) in [6, 6.07) is 11.7. The minimum Gasteiger partial charge on any atom is -0.440 e. The molecule has 0 saturated carbocycles. The third-order valence-electron chi connectivity index (χ3n) is 4.30. The summed E-state index contributed by atoms with van der Waals surface area (Å²) in [7, 11) is 1.71. The van der Waals surface area contributed by atoms with Crippen LogP contribution < -0.4 is 16.0 Å². The zero-order chi connectivity index (χ0) is 17.4. The summed E-state index contributed by atoms with van der Waals surface area (Å²) in [6.07, 6.45) is 2.00. The molecule has 1 atom stereocenters. The fraction of sp³-hybridized carbons (Fsp3) is 0.222. The lowest BCUT2D eigenvalue weighted by molar-refractivity contribution is 0.389. The predicted octanol–water partition coefficient (Wildman–Crippen LogP) is 2.63. The van der Waals surface area contributed by atoms with Crippen LogP contribution in [0.3, 0.4) is 0 Å². The van der Waals surface area contributed by atoms with Crippen molar-refractivity contribution >= 4 is 11.8 Å². The molecule has 24 heavy (non-hydrogen) atoms.